The molecule has 7 heteroatoms. The van der Waals surface area contributed by atoms with Gasteiger partial charge in [0.1, 0.15) is 0 Å². The molecule has 1 heterocycles. The van der Waals surface area contributed by atoms with Gasteiger partial charge < -0.3 is 10.1 Å². The molecule has 0 saturated carbocycles. The molecule has 0 aliphatic carbocycles. The number of hydrogen-bond acceptors (Lipinski definition) is 5. The fourth-order valence-electron chi connectivity index (χ4n) is 2.68. The molecule has 3 aromatic rings. The van der Waals surface area contributed by atoms with E-state index in [9.17, 15) is 14.4 Å². The molecule has 0 aliphatic rings. The highest BCUT2D eigenvalue weighted by Gasteiger charge is 2.21. The monoisotopic (exact) mass is 471 g/mol. The fraction of sp³-hybridized carbons (Fsp3) is 0.136. The SMILES string of the molecule is O=C(CC(NC(=O)c1ccccc1)c1ccccc1)OCC(=O)c1ccc(Br)s1. The Hall–Kier alpha value is -2.77. The number of amides is 1. The van der Waals surface area contributed by atoms with Crippen LogP contribution in [0.1, 0.15) is 38.1 Å². The van der Waals surface area contributed by atoms with E-state index in [0.717, 1.165) is 9.35 Å². The zero-order valence-electron chi connectivity index (χ0n) is 15.3. The number of benzene rings is 2. The molecule has 2 aromatic carbocycles. The molecule has 0 radical (unpaired) electrons. The zero-order valence-corrected chi connectivity index (χ0v) is 17.7. The van der Waals surface area contributed by atoms with Crippen LogP contribution in [0, 0.1) is 0 Å². The standard InChI is InChI=1S/C22H18BrNO4S/c23-20-12-11-19(29-20)18(25)14-28-21(26)13-17(15-7-3-1-4-8-15)24-22(27)16-9-5-2-6-10-16/h1-12,17H,13-14H2,(H,24,27). The maximum absolute atomic E-state index is 12.5. The molecule has 0 bridgehead atoms. The van der Waals surface area contributed by atoms with Crippen molar-refractivity contribution in [2.45, 2.75) is 12.5 Å². The maximum Gasteiger partial charge on any atom is 0.308 e. The molecule has 29 heavy (non-hydrogen) atoms. The van der Waals surface area contributed by atoms with E-state index < -0.39 is 12.0 Å². The van der Waals surface area contributed by atoms with Gasteiger partial charge in [-0.3, -0.25) is 14.4 Å². The topological polar surface area (TPSA) is 72.5 Å². The van der Waals surface area contributed by atoms with Crippen molar-refractivity contribution in [1.82, 2.24) is 5.32 Å². The first-order valence-electron chi connectivity index (χ1n) is 8.88. The number of carbonyl (C=O) groups is 3. The van der Waals surface area contributed by atoms with Gasteiger partial charge in [-0.15, -0.1) is 11.3 Å². The van der Waals surface area contributed by atoms with Crippen LogP contribution in [-0.2, 0) is 9.53 Å². The second-order valence-electron chi connectivity index (χ2n) is 6.19. The number of nitrogens with one attached hydrogen (secondary N) is 1. The van der Waals surface area contributed by atoms with Crippen LogP contribution in [0.2, 0.25) is 0 Å². The molecule has 1 aromatic heterocycles. The number of ether oxygens (including phenoxy) is 1. The number of ketones is 1. The highest BCUT2D eigenvalue weighted by atomic mass is 79.9. The zero-order chi connectivity index (χ0) is 20.6. The Morgan fingerprint density at radius 3 is 2.21 bits per heavy atom. The van der Waals surface area contributed by atoms with Crippen molar-refractivity contribution >= 4 is 44.9 Å². The first-order valence-corrected chi connectivity index (χ1v) is 10.5. The molecule has 0 spiro atoms. The van der Waals surface area contributed by atoms with E-state index in [2.05, 4.69) is 21.2 Å². The average Bonchev–Trinajstić information content (AvgIpc) is 3.19. The first-order chi connectivity index (χ1) is 14.0. The number of Topliss-reactive ketones (excluding diaryl/α,β-unsaturated/α-hetero) is 1. The van der Waals surface area contributed by atoms with Gasteiger partial charge in [0.2, 0.25) is 5.78 Å². The number of carbonyl (C=O) groups excluding carboxylic acids is 3. The smallest absolute Gasteiger partial charge is 0.308 e. The summed E-state index contributed by atoms with van der Waals surface area (Å²) in [5.74, 6) is -1.11. The molecule has 1 amide bonds. The normalized spacial score (nSPS) is 11.5. The third kappa shape index (κ3) is 6.10. The molecule has 0 fully saturated rings. The van der Waals surface area contributed by atoms with Crippen LogP contribution in [0.5, 0.6) is 0 Å². The second kappa shape index (κ2) is 10.1. The lowest BCUT2D eigenvalue weighted by molar-refractivity contribution is -0.143. The highest BCUT2D eigenvalue weighted by Crippen LogP contribution is 2.23. The quantitative estimate of drug-likeness (QED) is 0.378. The van der Waals surface area contributed by atoms with Crippen LogP contribution in [0.25, 0.3) is 0 Å². The number of hydrogen-bond donors (Lipinski definition) is 1. The Morgan fingerprint density at radius 2 is 1.59 bits per heavy atom. The number of rotatable bonds is 8. The van der Waals surface area contributed by atoms with E-state index in [-0.39, 0.29) is 24.7 Å². The number of thiophene rings is 1. The minimum absolute atomic E-state index is 0.0794. The average molecular weight is 472 g/mol. The van der Waals surface area contributed by atoms with Crippen LogP contribution in [0.3, 0.4) is 0 Å². The molecule has 5 nitrogen and oxygen atoms in total. The maximum atomic E-state index is 12.5. The van der Waals surface area contributed by atoms with Crippen molar-refractivity contribution in [2.75, 3.05) is 6.61 Å². The Morgan fingerprint density at radius 1 is 0.931 bits per heavy atom. The van der Waals surface area contributed by atoms with Crippen molar-refractivity contribution in [3.8, 4) is 0 Å². The molecule has 0 saturated heterocycles. The van der Waals surface area contributed by atoms with E-state index >= 15 is 0 Å². The van der Waals surface area contributed by atoms with E-state index in [1.165, 1.54) is 11.3 Å². The summed E-state index contributed by atoms with van der Waals surface area (Å²) in [6, 6.07) is 20.8. The van der Waals surface area contributed by atoms with Gasteiger partial charge in [-0.05, 0) is 45.8 Å². The van der Waals surface area contributed by atoms with Gasteiger partial charge in [-0.25, -0.2) is 0 Å². The van der Waals surface area contributed by atoms with Crippen LogP contribution in [0.15, 0.2) is 76.6 Å². The summed E-state index contributed by atoms with van der Waals surface area (Å²) < 4.78 is 5.99. The van der Waals surface area contributed by atoms with Crippen LogP contribution in [0.4, 0.5) is 0 Å². The van der Waals surface area contributed by atoms with Crippen molar-refractivity contribution in [3.63, 3.8) is 0 Å². The minimum Gasteiger partial charge on any atom is -0.457 e. The number of esters is 1. The molecule has 1 N–H and O–H groups in total. The Kier molecular flexibility index (Phi) is 7.32. The van der Waals surface area contributed by atoms with Crippen molar-refractivity contribution in [2.24, 2.45) is 0 Å². The summed E-state index contributed by atoms with van der Waals surface area (Å²) >= 11 is 4.58. The lowest BCUT2D eigenvalue weighted by Gasteiger charge is -2.18. The largest absolute Gasteiger partial charge is 0.457 e. The minimum atomic E-state index is -0.567. The van der Waals surface area contributed by atoms with E-state index in [4.69, 9.17) is 4.74 Å². The van der Waals surface area contributed by atoms with Crippen LogP contribution < -0.4 is 5.32 Å². The molecule has 0 aliphatic heterocycles. The summed E-state index contributed by atoms with van der Waals surface area (Å²) in [5, 5.41) is 2.87. The lowest BCUT2D eigenvalue weighted by atomic mass is 10.0. The van der Waals surface area contributed by atoms with Gasteiger partial charge in [-0.1, -0.05) is 48.5 Å². The van der Waals surface area contributed by atoms with E-state index in [1.54, 1.807) is 36.4 Å². The number of halogens is 1. The predicted molar refractivity (Wildman–Crippen MR) is 115 cm³/mol. The summed E-state index contributed by atoms with van der Waals surface area (Å²) in [6.45, 7) is -0.333. The molecule has 1 atom stereocenters. The van der Waals surface area contributed by atoms with Crippen molar-refractivity contribution < 1.29 is 19.1 Å². The van der Waals surface area contributed by atoms with Gasteiger partial charge in [0.25, 0.3) is 5.91 Å². The summed E-state index contributed by atoms with van der Waals surface area (Å²) in [4.78, 5) is 37.5. The first kappa shape index (κ1) is 21.0. The van der Waals surface area contributed by atoms with E-state index in [0.29, 0.717) is 10.4 Å². The van der Waals surface area contributed by atoms with Crippen molar-refractivity contribution in [3.05, 3.63) is 92.6 Å². The van der Waals surface area contributed by atoms with Crippen LogP contribution in [-0.4, -0.2) is 24.3 Å². The van der Waals surface area contributed by atoms with Gasteiger partial charge >= 0.3 is 5.97 Å². The Balaban J connectivity index is 1.64. The Labute approximate surface area is 180 Å². The third-order valence-electron chi connectivity index (χ3n) is 4.13. The summed E-state index contributed by atoms with van der Waals surface area (Å²) in [6.07, 6.45) is -0.0794. The predicted octanol–water partition coefficient (Wildman–Crippen LogP) is 4.80. The third-order valence-corrected chi connectivity index (χ3v) is 5.79. The second-order valence-corrected chi connectivity index (χ2v) is 8.66. The Bertz CT molecular complexity index is 988. The van der Waals surface area contributed by atoms with Gasteiger partial charge in [0.15, 0.2) is 6.61 Å². The van der Waals surface area contributed by atoms with Crippen molar-refractivity contribution in [1.29, 1.82) is 0 Å². The summed E-state index contributed by atoms with van der Waals surface area (Å²) in [5.41, 5.74) is 1.28. The summed E-state index contributed by atoms with van der Waals surface area (Å²) in [7, 11) is 0. The fourth-order valence-corrected chi connectivity index (χ4v) is 3.99. The molecule has 3 rings (SSSR count). The van der Waals surface area contributed by atoms with Crippen LogP contribution >= 0.6 is 27.3 Å². The molecule has 1 unspecified atom stereocenters. The van der Waals surface area contributed by atoms with E-state index in [1.807, 2.05) is 36.4 Å². The molecule has 148 valence electrons. The molecular formula is C22H18BrNO4S. The van der Waals surface area contributed by atoms with Gasteiger partial charge in [-0.2, -0.15) is 0 Å². The lowest BCUT2D eigenvalue weighted by Crippen LogP contribution is -2.31. The highest BCUT2D eigenvalue weighted by molar-refractivity contribution is 9.11. The van der Waals surface area contributed by atoms with Gasteiger partial charge in [0.05, 0.1) is 21.1 Å². The van der Waals surface area contributed by atoms with Gasteiger partial charge in [0, 0.05) is 5.56 Å². The molecular weight excluding hydrogens is 454 g/mol.